The van der Waals surface area contributed by atoms with E-state index in [2.05, 4.69) is 15.8 Å². The molecule has 1 unspecified atom stereocenters. The second-order valence-corrected chi connectivity index (χ2v) is 17.3. The number of oxime groups is 1. The number of nitrogens with zero attached hydrogens (tertiary/aromatic N) is 2. The maximum Gasteiger partial charge on any atom is 0.408 e. The summed E-state index contributed by atoms with van der Waals surface area (Å²) in [6.07, 6.45) is -4.28. The molecule has 1 aliphatic heterocycles. The summed E-state index contributed by atoms with van der Waals surface area (Å²) in [4.78, 5) is 61.9. The van der Waals surface area contributed by atoms with E-state index >= 15 is 0 Å². The van der Waals surface area contributed by atoms with Crippen molar-refractivity contribution in [1.29, 1.82) is 0 Å². The number of halogens is 2. The average Bonchev–Trinajstić information content (AvgIpc) is 4.01. The number of ether oxygens (including phenoxy) is 1. The van der Waals surface area contributed by atoms with E-state index < -0.39 is 93.1 Å². The van der Waals surface area contributed by atoms with Crippen LogP contribution in [-0.4, -0.2) is 90.4 Å². The van der Waals surface area contributed by atoms with Gasteiger partial charge in [-0.05, 0) is 57.1 Å². The summed E-state index contributed by atoms with van der Waals surface area (Å²) in [5, 5.41) is 8.74. The molecule has 13 nitrogen and oxygen atoms in total. The first-order chi connectivity index (χ1) is 25.0. The predicted octanol–water partition coefficient (Wildman–Crippen LogP) is 4.09. The number of alkyl halides is 2. The van der Waals surface area contributed by atoms with E-state index in [9.17, 15) is 36.4 Å². The maximum absolute atomic E-state index is 14.4. The zero-order valence-corrected chi connectivity index (χ0v) is 31.0. The number of hydrogen-bond donors (Lipinski definition) is 3. The van der Waals surface area contributed by atoms with Crippen molar-refractivity contribution in [3.8, 4) is 11.1 Å². The van der Waals surface area contributed by atoms with Crippen molar-refractivity contribution in [2.75, 3.05) is 6.54 Å². The third kappa shape index (κ3) is 7.87. The molecule has 1 saturated heterocycles. The standard InChI is InChI=1S/C37H45F2N5O8S/c1-6-20(2)29(40-35(48)51-36(3,4)5)33(46)44-19-21(52-42-30-25-13-9-7-11-23(25)24-12-8-10-14-26(24)30)17-28(44)32(45)41-37(18-27(37)31(38)39)34(47)43-53(49,50)22-15-16-22/h7-14,20-22,27-29,31H,6,15-19H2,1-5H3,(H,40,48)(H,41,45)(H,43,47)/t20?,21-,27+,28+,29+,37+/m1/s1. The van der Waals surface area contributed by atoms with Gasteiger partial charge in [0.15, 0.2) is 0 Å². The Morgan fingerprint density at radius 3 is 2.09 bits per heavy atom. The van der Waals surface area contributed by atoms with E-state index in [0.717, 1.165) is 22.3 Å². The first-order valence-electron chi connectivity index (χ1n) is 17.8. The Morgan fingerprint density at radius 2 is 1.58 bits per heavy atom. The normalized spacial score (nSPS) is 24.4. The number of likely N-dealkylation sites (tertiary alicyclic amines) is 1. The van der Waals surface area contributed by atoms with Crippen molar-refractivity contribution in [2.45, 2.75) is 108 Å². The van der Waals surface area contributed by atoms with Crippen molar-refractivity contribution in [1.82, 2.24) is 20.3 Å². The number of nitrogens with one attached hydrogen (secondary N) is 3. The highest BCUT2D eigenvalue weighted by Crippen LogP contribution is 2.48. The smallest absolute Gasteiger partial charge is 0.408 e. The molecular weight excluding hydrogens is 712 g/mol. The van der Waals surface area contributed by atoms with Crippen LogP contribution in [0.5, 0.6) is 0 Å². The Bertz CT molecular complexity index is 1880. The van der Waals surface area contributed by atoms with Crippen LogP contribution in [0.25, 0.3) is 11.1 Å². The highest BCUT2D eigenvalue weighted by molar-refractivity contribution is 7.91. The Kier molecular flexibility index (Phi) is 10.3. The molecule has 2 aromatic rings. The number of carbonyl (C=O) groups excluding carboxylic acids is 4. The molecule has 2 saturated carbocycles. The SMILES string of the molecule is CCC(C)[C@H](NC(=O)OC(C)(C)C)C(=O)N1C[C@H](ON=C2c3ccccc3-c3ccccc32)C[C@H]1C(=O)N[C@@]1(C(=O)NS(=O)(=O)C2CC2)C[C@H]1C(F)F. The molecule has 3 fully saturated rings. The molecule has 3 aliphatic carbocycles. The van der Waals surface area contributed by atoms with Crippen LogP contribution in [0.15, 0.2) is 53.7 Å². The highest BCUT2D eigenvalue weighted by atomic mass is 32.2. The second-order valence-electron chi connectivity index (χ2n) is 15.3. The number of carbonyl (C=O) groups is 4. The van der Waals surface area contributed by atoms with Crippen molar-refractivity contribution in [2.24, 2.45) is 17.0 Å². The molecule has 6 rings (SSSR count). The number of sulfonamides is 1. The highest BCUT2D eigenvalue weighted by Gasteiger charge is 2.66. The fraction of sp³-hybridized carbons (Fsp3) is 0.541. The first kappa shape index (κ1) is 38.1. The largest absolute Gasteiger partial charge is 0.444 e. The summed E-state index contributed by atoms with van der Waals surface area (Å²) in [5.41, 5.74) is 1.05. The van der Waals surface area contributed by atoms with Crippen LogP contribution in [0.1, 0.15) is 77.8 Å². The average molecular weight is 758 g/mol. The van der Waals surface area contributed by atoms with Crippen molar-refractivity contribution >= 4 is 39.5 Å². The molecule has 53 heavy (non-hydrogen) atoms. The lowest BCUT2D eigenvalue weighted by atomic mass is 9.97. The molecule has 0 aromatic heterocycles. The molecule has 3 N–H and O–H groups in total. The molecule has 6 atom stereocenters. The molecule has 16 heteroatoms. The number of alkyl carbamates (subject to hydrolysis) is 1. The lowest BCUT2D eigenvalue weighted by Crippen LogP contribution is -2.59. The Hall–Kier alpha value is -4.60. The van der Waals surface area contributed by atoms with Crippen LogP contribution in [0.4, 0.5) is 13.6 Å². The minimum atomic E-state index is -4.12. The van der Waals surface area contributed by atoms with E-state index in [1.807, 2.05) is 60.2 Å². The van der Waals surface area contributed by atoms with Gasteiger partial charge >= 0.3 is 6.09 Å². The van der Waals surface area contributed by atoms with Crippen molar-refractivity contribution in [3.63, 3.8) is 0 Å². The lowest BCUT2D eigenvalue weighted by molar-refractivity contribution is -0.142. The van der Waals surface area contributed by atoms with Crippen LogP contribution in [0.2, 0.25) is 0 Å². The third-order valence-corrected chi connectivity index (χ3v) is 12.0. The van der Waals surface area contributed by atoms with Gasteiger partial charge in [0, 0.05) is 17.5 Å². The van der Waals surface area contributed by atoms with Gasteiger partial charge in [-0.1, -0.05) is 74.0 Å². The number of hydrogen-bond acceptors (Lipinski definition) is 9. The number of benzene rings is 2. The third-order valence-electron chi connectivity index (χ3n) is 10.2. The minimum absolute atomic E-state index is 0.144. The fourth-order valence-electron chi connectivity index (χ4n) is 6.92. The molecular formula is C37H45F2N5O8S. The molecule has 0 spiro atoms. The van der Waals surface area contributed by atoms with Gasteiger partial charge in [0.05, 0.1) is 17.7 Å². The Labute approximate surface area is 307 Å². The van der Waals surface area contributed by atoms with Gasteiger partial charge < -0.3 is 25.1 Å². The van der Waals surface area contributed by atoms with Gasteiger partial charge in [-0.2, -0.15) is 0 Å². The van der Waals surface area contributed by atoms with Crippen molar-refractivity contribution < 1.29 is 46.0 Å². The zero-order chi connectivity index (χ0) is 38.5. The van der Waals surface area contributed by atoms with Gasteiger partial charge in [0.2, 0.25) is 28.3 Å². The summed E-state index contributed by atoms with van der Waals surface area (Å²) in [6.45, 7) is 8.41. The quantitative estimate of drug-likeness (QED) is 0.232. The molecule has 0 bridgehead atoms. The Morgan fingerprint density at radius 1 is 1.00 bits per heavy atom. The molecule has 4 aliphatic rings. The van der Waals surface area contributed by atoms with E-state index in [1.165, 1.54) is 4.90 Å². The van der Waals surface area contributed by atoms with Gasteiger partial charge in [0.1, 0.15) is 35.0 Å². The molecule has 286 valence electrons. The summed E-state index contributed by atoms with van der Waals surface area (Å²) < 4.78 is 60.7. The maximum atomic E-state index is 14.4. The zero-order valence-electron chi connectivity index (χ0n) is 30.2. The van der Waals surface area contributed by atoms with E-state index in [0.29, 0.717) is 25.0 Å². The van der Waals surface area contributed by atoms with Crippen LogP contribution in [-0.2, 0) is 34.0 Å². The number of fused-ring (bicyclic) bond motifs is 3. The van der Waals surface area contributed by atoms with Crippen LogP contribution < -0.4 is 15.4 Å². The number of rotatable bonds is 12. The first-order valence-corrected chi connectivity index (χ1v) is 19.4. The van der Waals surface area contributed by atoms with Gasteiger partial charge in [0.25, 0.3) is 5.91 Å². The summed E-state index contributed by atoms with van der Waals surface area (Å²) in [5.74, 6) is -4.93. The van der Waals surface area contributed by atoms with Crippen LogP contribution in [0.3, 0.4) is 0 Å². The minimum Gasteiger partial charge on any atom is -0.444 e. The van der Waals surface area contributed by atoms with E-state index in [-0.39, 0.29) is 13.0 Å². The van der Waals surface area contributed by atoms with Gasteiger partial charge in [-0.15, -0.1) is 0 Å². The summed E-state index contributed by atoms with van der Waals surface area (Å²) >= 11 is 0. The summed E-state index contributed by atoms with van der Waals surface area (Å²) in [6, 6.07) is 12.8. The monoisotopic (exact) mass is 757 g/mol. The van der Waals surface area contributed by atoms with E-state index in [1.54, 1.807) is 27.7 Å². The second kappa shape index (κ2) is 14.3. The fourth-order valence-corrected chi connectivity index (χ4v) is 8.28. The lowest BCUT2D eigenvalue weighted by Gasteiger charge is -2.32. The van der Waals surface area contributed by atoms with Crippen LogP contribution in [0, 0.1) is 11.8 Å². The van der Waals surface area contributed by atoms with Crippen molar-refractivity contribution in [3.05, 3.63) is 59.7 Å². The molecule has 1 heterocycles. The van der Waals surface area contributed by atoms with E-state index in [4.69, 9.17) is 9.57 Å². The topological polar surface area (TPSA) is 173 Å². The summed E-state index contributed by atoms with van der Waals surface area (Å²) in [7, 11) is -4.12. The van der Waals surface area contributed by atoms with Gasteiger partial charge in [-0.3, -0.25) is 19.1 Å². The molecule has 2 aromatic carbocycles. The number of amides is 4. The molecule has 0 radical (unpaired) electrons. The Balaban J connectivity index is 1.29. The predicted molar refractivity (Wildman–Crippen MR) is 190 cm³/mol. The molecule has 4 amide bonds. The van der Waals surface area contributed by atoms with Gasteiger partial charge in [-0.25, -0.2) is 22.0 Å². The van der Waals surface area contributed by atoms with Crippen LogP contribution >= 0.6 is 0 Å².